The van der Waals surface area contributed by atoms with Crippen molar-refractivity contribution < 1.29 is 28.5 Å². The van der Waals surface area contributed by atoms with E-state index in [1.807, 2.05) is 0 Å². The lowest BCUT2D eigenvalue weighted by atomic mass is 10.2. The number of hydrogen-bond donors (Lipinski definition) is 2. The second kappa shape index (κ2) is 10.0. The molecule has 1 aromatic carbocycles. The molecule has 0 bridgehead atoms. The molecule has 0 unspecified atom stereocenters. The summed E-state index contributed by atoms with van der Waals surface area (Å²) in [6.45, 7) is 0.217. The molecule has 162 valence electrons. The van der Waals surface area contributed by atoms with E-state index in [2.05, 4.69) is 15.3 Å². The van der Waals surface area contributed by atoms with E-state index in [0.29, 0.717) is 28.8 Å². The molecule has 10 nitrogen and oxygen atoms in total. The fourth-order valence-corrected chi connectivity index (χ4v) is 2.67. The van der Waals surface area contributed by atoms with Gasteiger partial charge in [0.05, 0.1) is 21.3 Å². The van der Waals surface area contributed by atoms with Crippen molar-refractivity contribution in [1.29, 1.82) is 0 Å². The topological polar surface area (TPSA) is 127 Å². The molecule has 31 heavy (non-hydrogen) atoms. The first-order valence-electron chi connectivity index (χ1n) is 9.11. The highest BCUT2D eigenvalue weighted by molar-refractivity contribution is 5.85. The molecule has 0 atom stereocenters. The summed E-state index contributed by atoms with van der Waals surface area (Å²) in [4.78, 5) is 20.4. The number of aromatic nitrogens is 2. The lowest BCUT2D eigenvalue weighted by Gasteiger charge is -2.14. The van der Waals surface area contributed by atoms with Crippen molar-refractivity contribution in [1.82, 2.24) is 9.97 Å². The van der Waals surface area contributed by atoms with Crippen molar-refractivity contribution in [2.45, 2.75) is 6.61 Å². The van der Waals surface area contributed by atoms with E-state index in [1.165, 1.54) is 33.5 Å². The van der Waals surface area contributed by atoms with Gasteiger partial charge in [0.2, 0.25) is 5.75 Å². The SMILES string of the molecule is COc1cc(OC(=O)Nc2cc(COc3cccnc3N)ccn2)cc(OC)c1OC. The van der Waals surface area contributed by atoms with Gasteiger partial charge >= 0.3 is 6.09 Å². The van der Waals surface area contributed by atoms with E-state index in [1.54, 1.807) is 36.7 Å². The number of pyridine rings is 2. The quantitative estimate of drug-likeness (QED) is 0.558. The number of nitrogens with two attached hydrogens (primary N) is 1. The maximum atomic E-state index is 12.3. The van der Waals surface area contributed by atoms with Crippen LogP contribution >= 0.6 is 0 Å². The summed E-state index contributed by atoms with van der Waals surface area (Å²) in [7, 11) is 4.42. The molecule has 0 aliphatic carbocycles. The van der Waals surface area contributed by atoms with Crippen LogP contribution in [0.4, 0.5) is 16.4 Å². The lowest BCUT2D eigenvalue weighted by molar-refractivity contribution is 0.214. The molecular formula is C21H22N4O6. The molecule has 0 aliphatic rings. The van der Waals surface area contributed by atoms with Crippen molar-refractivity contribution in [3.63, 3.8) is 0 Å². The van der Waals surface area contributed by atoms with Gasteiger partial charge in [0.15, 0.2) is 23.1 Å². The number of nitrogens with zero attached hydrogens (tertiary/aromatic N) is 2. The van der Waals surface area contributed by atoms with Crippen LogP contribution in [-0.4, -0.2) is 37.4 Å². The summed E-state index contributed by atoms with van der Waals surface area (Å²) in [5.41, 5.74) is 6.53. The fourth-order valence-electron chi connectivity index (χ4n) is 2.67. The van der Waals surface area contributed by atoms with Crippen LogP contribution in [0.3, 0.4) is 0 Å². The van der Waals surface area contributed by atoms with Gasteiger partial charge < -0.3 is 29.4 Å². The summed E-state index contributed by atoms with van der Waals surface area (Å²) in [6, 6.07) is 9.88. The van der Waals surface area contributed by atoms with Crippen molar-refractivity contribution >= 4 is 17.7 Å². The number of rotatable bonds is 8. The van der Waals surface area contributed by atoms with Crippen molar-refractivity contribution in [2.75, 3.05) is 32.4 Å². The Balaban J connectivity index is 1.66. The van der Waals surface area contributed by atoms with E-state index >= 15 is 0 Å². The predicted octanol–water partition coefficient (Wildman–Crippen LogP) is 3.27. The second-order valence-corrected chi connectivity index (χ2v) is 6.10. The average Bonchev–Trinajstić information content (AvgIpc) is 2.78. The van der Waals surface area contributed by atoms with E-state index in [9.17, 15) is 4.79 Å². The van der Waals surface area contributed by atoms with E-state index < -0.39 is 6.09 Å². The molecule has 3 N–H and O–H groups in total. The minimum Gasteiger partial charge on any atom is -0.493 e. The minimum absolute atomic E-state index is 0.207. The van der Waals surface area contributed by atoms with Crippen LogP contribution in [-0.2, 0) is 6.61 Å². The van der Waals surface area contributed by atoms with Crippen LogP contribution in [0.2, 0.25) is 0 Å². The van der Waals surface area contributed by atoms with E-state index in [-0.39, 0.29) is 18.2 Å². The molecule has 0 fully saturated rings. The van der Waals surface area contributed by atoms with Crippen LogP contribution < -0.4 is 34.7 Å². The van der Waals surface area contributed by atoms with Crippen LogP contribution in [0.15, 0.2) is 48.8 Å². The molecule has 0 saturated heterocycles. The molecule has 0 radical (unpaired) electrons. The van der Waals surface area contributed by atoms with Gasteiger partial charge in [-0.15, -0.1) is 0 Å². The fraction of sp³-hybridized carbons (Fsp3) is 0.190. The third-order valence-corrected chi connectivity index (χ3v) is 4.10. The van der Waals surface area contributed by atoms with Gasteiger partial charge in [-0.3, -0.25) is 5.32 Å². The molecule has 0 spiro atoms. The second-order valence-electron chi connectivity index (χ2n) is 6.10. The Hall–Kier alpha value is -4.21. The number of methoxy groups -OCH3 is 3. The molecule has 0 aliphatic heterocycles. The maximum Gasteiger partial charge on any atom is 0.418 e. The first-order valence-corrected chi connectivity index (χ1v) is 9.11. The molecule has 0 saturated carbocycles. The highest BCUT2D eigenvalue weighted by Gasteiger charge is 2.16. The van der Waals surface area contributed by atoms with Crippen LogP contribution in [0.25, 0.3) is 0 Å². The number of benzene rings is 1. The Kier molecular flexibility index (Phi) is 6.94. The normalized spacial score (nSPS) is 10.2. The number of ether oxygens (including phenoxy) is 5. The Bertz CT molecular complexity index is 1030. The van der Waals surface area contributed by atoms with Crippen molar-refractivity contribution in [2.24, 2.45) is 0 Å². The van der Waals surface area contributed by atoms with Gasteiger partial charge in [0, 0.05) is 24.5 Å². The molecule has 3 rings (SSSR count). The zero-order valence-corrected chi connectivity index (χ0v) is 17.2. The Morgan fingerprint density at radius 3 is 2.35 bits per heavy atom. The van der Waals surface area contributed by atoms with Gasteiger partial charge in [-0.05, 0) is 29.8 Å². The summed E-state index contributed by atoms with van der Waals surface area (Å²) < 4.78 is 26.7. The Morgan fingerprint density at radius 1 is 0.968 bits per heavy atom. The summed E-state index contributed by atoms with van der Waals surface area (Å²) in [6.07, 6.45) is 2.38. The van der Waals surface area contributed by atoms with Crippen molar-refractivity contribution in [3.8, 4) is 28.7 Å². The number of nitrogen functional groups attached to an aromatic ring is 1. The lowest BCUT2D eigenvalue weighted by Crippen LogP contribution is -2.18. The van der Waals surface area contributed by atoms with Crippen LogP contribution in [0.5, 0.6) is 28.7 Å². The summed E-state index contributed by atoms with van der Waals surface area (Å²) in [5, 5.41) is 2.57. The van der Waals surface area contributed by atoms with Gasteiger partial charge in [0.25, 0.3) is 0 Å². The number of carbonyl (C=O) groups excluding carboxylic acids is 1. The number of hydrogen-bond acceptors (Lipinski definition) is 9. The summed E-state index contributed by atoms with van der Waals surface area (Å²) >= 11 is 0. The molecular weight excluding hydrogens is 404 g/mol. The van der Waals surface area contributed by atoms with Gasteiger partial charge in [-0.25, -0.2) is 14.8 Å². The first kappa shape index (κ1) is 21.5. The highest BCUT2D eigenvalue weighted by atomic mass is 16.6. The smallest absolute Gasteiger partial charge is 0.418 e. The number of anilines is 2. The van der Waals surface area contributed by atoms with Gasteiger partial charge in [-0.1, -0.05) is 0 Å². The third kappa shape index (κ3) is 5.44. The monoisotopic (exact) mass is 426 g/mol. The Morgan fingerprint density at radius 2 is 1.71 bits per heavy atom. The Labute approximate surface area is 178 Å². The third-order valence-electron chi connectivity index (χ3n) is 4.10. The number of amides is 1. The highest BCUT2D eigenvalue weighted by Crippen LogP contribution is 2.40. The van der Waals surface area contributed by atoms with Crippen LogP contribution in [0.1, 0.15) is 5.56 Å². The molecule has 3 aromatic rings. The minimum atomic E-state index is -0.739. The molecule has 10 heteroatoms. The average molecular weight is 426 g/mol. The first-order chi connectivity index (χ1) is 15.0. The maximum absolute atomic E-state index is 12.3. The van der Waals surface area contributed by atoms with E-state index in [4.69, 9.17) is 29.4 Å². The zero-order chi connectivity index (χ0) is 22.2. The molecule has 1 amide bonds. The van der Waals surface area contributed by atoms with Gasteiger partial charge in [0.1, 0.15) is 18.2 Å². The zero-order valence-electron chi connectivity index (χ0n) is 17.2. The van der Waals surface area contributed by atoms with Gasteiger partial charge in [-0.2, -0.15) is 0 Å². The summed E-state index contributed by atoms with van der Waals surface area (Å²) in [5.74, 6) is 2.37. The number of carbonyl (C=O) groups is 1. The predicted molar refractivity (Wildman–Crippen MR) is 113 cm³/mol. The molecule has 2 aromatic heterocycles. The number of nitrogens with one attached hydrogen (secondary N) is 1. The standard InChI is InChI=1S/C21H22N4O6/c1-27-16-10-14(11-17(28-2)19(16)29-3)31-21(26)25-18-9-13(6-8-23-18)12-30-15-5-4-7-24-20(15)22/h4-11H,12H2,1-3H3,(H2,22,24)(H,23,25,26). The van der Waals surface area contributed by atoms with Crippen LogP contribution in [0, 0.1) is 0 Å². The van der Waals surface area contributed by atoms with Crippen molar-refractivity contribution in [3.05, 3.63) is 54.4 Å². The largest absolute Gasteiger partial charge is 0.493 e. The van der Waals surface area contributed by atoms with E-state index in [0.717, 1.165) is 5.56 Å². The molecule has 2 heterocycles.